The Balaban J connectivity index is 1.72. The zero-order valence-corrected chi connectivity index (χ0v) is 14.8. The highest BCUT2D eigenvalue weighted by atomic mass is 32.2. The van der Waals surface area contributed by atoms with E-state index in [1.807, 2.05) is 25.2 Å². The summed E-state index contributed by atoms with van der Waals surface area (Å²) in [7, 11) is 0.972. The molecule has 0 heterocycles. The molecule has 0 bridgehead atoms. The summed E-state index contributed by atoms with van der Waals surface area (Å²) in [4.78, 5) is 14.7. The predicted octanol–water partition coefficient (Wildman–Crippen LogP) is 3.07. The van der Waals surface area contributed by atoms with Gasteiger partial charge in [0.2, 0.25) is 0 Å². The summed E-state index contributed by atoms with van der Waals surface area (Å²) in [5.41, 5.74) is 1.80. The molecule has 2 N–H and O–H groups in total. The fraction of sp³-hybridized carbons (Fsp3) is 0.278. The maximum atomic E-state index is 11.9. The van der Waals surface area contributed by atoms with Gasteiger partial charge in [0, 0.05) is 53.5 Å². The van der Waals surface area contributed by atoms with Gasteiger partial charge in [0.15, 0.2) is 0 Å². The van der Waals surface area contributed by atoms with Gasteiger partial charge in [-0.2, -0.15) is 0 Å². The van der Waals surface area contributed by atoms with Gasteiger partial charge in [-0.05, 0) is 36.8 Å². The molecule has 5 nitrogen and oxygen atoms in total. The Kier molecular flexibility index (Phi) is 6.81. The van der Waals surface area contributed by atoms with Crippen molar-refractivity contribution in [1.82, 2.24) is 5.32 Å². The summed E-state index contributed by atoms with van der Waals surface area (Å²) in [6.07, 6.45) is 2.46. The maximum Gasteiger partial charge on any atom is 0.319 e. The van der Waals surface area contributed by atoms with Crippen LogP contribution in [0.15, 0.2) is 59.5 Å². The molecular formula is C18H23N3O2S. The van der Waals surface area contributed by atoms with Crippen LogP contribution in [0.3, 0.4) is 0 Å². The zero-order valence-electron chi connectivity index (χ0n) is 14.0. The van der Waals surface area contributed by atoms with E-state index in [0.717, 1.165) is 18.7 Å². The molecule has 0 spiro atoms. The first-order valence-electron chi connectivity index (χ1n) is 7.81. The van der Waals surface area contributed by atoms with Gasteiger partial charge in [-0.3, -0.25) is 4.21 Å². The van der Waals surface area contributed by atoms with Crippen LogP contribution >= 0.6 is 0 Å². The molecule has 0 saturated heterocycles. The highest BCUT2D eigenvalue weighted by Crippen LogP contribution is 2.13. The van der Waals surface area contributed by atoms with E-state index >= 15 is 0 Å². The predicted molar refractivity (Wildman–Crippen MR) is 100 cm³/mol. The largest absolute Gasteiger partial charge is 0.375 e. The van der Waals surface area contributed by atoms with Gasteiger partial charge in [-0.15, -0.1) is 0 Å². The highest BCUT2D eigenvalue weighted by Gasteiger charge is 2.04. The van der Waals surface area contributed by atoms with Crippen LogP contribution in [0, 0.1) is 0 Å². The quantitative estimate of drug-likeness (QED) is 0.758. The standard InChI is InChI=1S/C18H23N3O2S/c1-21(16-9-4-3-5-10-16)13-7-12-19-18(22)20-15-8-6-11-17(14-15)24(2)23/h3-6,8-11,14H,7,12-13H2,1-2H3,(H2,19,20,22)/t24-/m1/s1. The molecule has 0 aliphatic carbocycles. The van der Waals surface area contributed by atoms with E-state index in [9.17, 15) is 9.00 Å². The monoisotopic (exact) mass is 345 g/mol. The van der Waals surface area contributed by atoms with Crippen molar-refractivity contribution in [3.63, 3.8) is 0 Å². The molecule has 6 heteroatoms. The Morgan fingerprint density at radius 1 is 1.12 bits per heavy atom. The molecule has 2 aromatic rings. The fourth-order valence-electron chi connectivity index (χ4n) is 2.26. The van der Waals surface area contributed by atoms with Gasteiger partial charge in [-0.25, -0.2) is 4.79 Å². The number of hydrogen-bond donors (Lipinski definition) is 2. The summed E-state index contributed by atoms with van der Waals surface area (Å²) in [5.74, 6) is 0. The summed E-state index contributed by atoms with van der Waals surface area (Å²) in [5, 5.41) is 5.59. The van der Waals surface area contributed by atoms with Gasteiger partial charge in [0.05, 0.1) is 0 Å². The summed E-state index contributed by atoms with van der Waals surface area (Å²) in [6.45, 7) is 1.44. The second kappa shape index (κ2) is 9.08. The number of urea groups is 1. The first-order chi connectivity index (χ1) is 11.6. The normalized spacial score (nSPS) is 11.6. The van der Waals surface area contributed by atoms with Gasteiger partial charge in [0.25, 0.3) is 0 Å². The molecule has 128 valence electrons. The molecule has 2 amide bonds. The van der Waals surface area contributed by atoms with Crippen LogP contribution in [0.1, 0.15) is 6.42 Å². The van der Waals surface area contributed by atoms with E-state index in [1.54, 1.807) is 30.5 Å². The number of nitrogens with one attached hydrogen (secondary N) is 2. The van der Waals surface area contributed by atoms with Gasteiger partial charge >= 0.3 is 6.03 Å². The van der Waals surface area contributed by atoms with Crippen molar-refractivity contribution in [3.05, 3.63) is 54.6 Å². The molecule has 1 atom stereocenters. The van der Waals surface area contributed by atoms with Crippen molar-refractivity contribution in [3.8, 4) is 0 Å². The Labute approximate surface area is 145 Å². The number of hydrogen-bond acceptors (Lipinski definition) is 3. The molecule has 0 fully saturated rings. The third kappa shape index (κ3) is 5.70. The third-order valence-electron chi connectivity index (χ3n) is 3.58. The summed E-state index contributed by atoms with van der Waals surface area (Å²) in [6, 6.07) is 16.9. The van der Waals surface area contributed by atoms with Crippen LogP contribution in [-0.4, -0.2) is 36.6 Å². The number of carbonyl (C=O) groups is 1. The lowest BCUT2D eigenvalue weighted by molar-refractivity contribution is 0.252. The number of nitrogens with zero attached hydrogens (tertiary/aromatic N) is 1. The van der Waals surface area contributed by atoms with Crippen LogP contribution < -0.4 is 15.5 Å². The number of rotatable bonds is 7. The number of para-hydroxylation sites is 1. The Hall–Kier alpha value is -2.34. The molecular weight excluding hydrogens is 322 g/mol. The van der Waals surface area contributed by atoms with Crippen molar-refractivity contribution in [1.29, 1.82) is 0 Å². The lowest BCUT2D eigenvalue weighted by Crippen LogP contribution is -2.31. The topological polar surface area (TPSA) is 61.4 Å². The van der Waals surface area contributed by atoms with Crippen LogP contribution in [0.4, 0.5) is 16.2 Å². The van der Waals surface area contributed by atoms with E-state index in [-0.39, 0.29) is 6.03 Å². The molecule has 0 unspecified atom stereocenters. The van der Waals surface area contributed by atoms with Crippen LogP contribution in [-0.2, 0) is 10.8 Å². The lowest BCUT2D eigenvalue weighted by atomic mass is 10.3. The number of benzene rings is 2. The summed E-state index contributed by atoms with van der Waals surface area (Å²) < 4.78 is 11.5. The van der Waals surface area contributed by atoms with Crippen molar-refractivity contribution < 1.29 is 9.00 Å². The molecule has 0 aromatic heterocycles. The van der Waals surface area contributed by atoms with Gasteiger partial charge in [-0.1, -0.05) is 24.3 Å². The second-order valence-electron chi connectivity index (χ2n) is 5.47. The summed E-state index contributed by atoms with van der Waals surface area (Å²) >= 11 is 0. The number of amides is 2. The highest BCUT2D eigenvalue weighted by molar-refractivity contribution is 7.84. The van der Waals surface area contributed by atoms with E-state index in [2.05, 4.69) is 27.7 Å². The molecule has 2 rings (SSSR count). The van der Waals surface area contributed by atoms with Crippen LogP contribution in [0.5, 0.6) is 0 Å². The average molecular weight is 345 g/mol. The second-order valence-corrected chi connectivity index (χ2v) is 6.85. The minimum atomic E-state index is -1.06. The Bertz CT molecular complexity index is 692. The minimum absolute atomic E-state index is 0.253. The Morgan fingerprint density at radius 3 is 2.58 bits per heavy atom. The maximum absolute atomic E-state index is 11.9. The van der Waals surface area contributed by atoms with Gasteiger partial charge < -0.3 is 15.5 Å². The first-order valence-corrected chi connectivity index (χ1v) is 9.36. The molecule has 0 aliphatic heterocycles. The molecule has 24 heavy (non-hydrogen) atoms. The van der Waals surface area contributed by atoms with E-state index in [4.69, 9.17) is 0 Å². The first kappa shape index (κ1) is 18.0. The molecule has 2 aromatic carbocycles. The molecule has 0 aliphatic rings. The van der Waals surface area contributed by atoms with E-state index in [1.165, 1.54) is 0 Å². The van der Waals surface area contributed by atoms with Crippen LogP contribution in [0.25, 0.3) is 0 Å². The van der Waals surface area contributed by atoms with Crippen LogP contribution in [0.2, 0.25) is 0 Å². The smallest absolute Gasteiger partial charge is 0.319 e. The number of carbonyl (C=O) groups excluding carboxylic acids is 1. The average Bonchev–Trinajstić information content (AvgIpc) is 2.59. The fourth-order valence-corrected chi connectivity index (χ4v) is 2.82. The van der Waals surface area contributed by atoms with Crippen molar-refractivity contribution in [2.75, 3.05) is 36.6 Å². The lowest BCUT2D eigenvalue weighted by Gasteiger charge is -2.19. The van der Waals surface area contributed by atoms with Crippen molar-refractivity contribution in [2.24, 2.45) is 0 Å². The van der Waals surface area contributed by atoms with Crippen molar-refractivity contribution >= 4 is 28.2 Å². The van der Waals surface area contributed by atoms with Crippen molar-refractivity contribution in [2.45, 2.75) is 11.3 Å². The van der Waals surface area contributed by atoms with E-state index < -0.39 is 10.8 Å². The number of anilines is 2. The Morgan fingerprint density at radius 2 is 1.88 bits per heavy atom. The molecule has 0 saturated carbocycles. The molecule has 0 radical (unpaired) electrons. The zero-order chi connectivity index (χ0) is 17.4. The van der Waals surface area contributed by atoms with E-state index in [0.29, 0.717) is 17.1 Å². The minimum Gasteiger partial charge on any atom is -0.375 e. The van der Waals surface area contributed by atoms with Gasteiger partial charge in [0.1, 0.15) is 0 Å². The third-order valence-corrected chi connectivity index (χ3v) is 4.49. The SMILES string of the molecule is CN(CCCNC(=O)Nc1cccc([S@@](C)=O)c1)c1ccccc1.